The molecule has 0 radical (unpaired) electrons. The molecule has 0 bridgehead atoms. The number of methoxy groups -OCH3 is 1. The van der Waals surface area contributed by atoms with Crippen LogP contribution in [0.5, 0.6) is 0 Å². The number of hydrogen-bond donors (Lipinski definition) is 0. The number of nitrogens with zero attached hydrogens (tertiary/aromatic N) is 5. The van der Waals surface area contributed by atoms with Crippen LogP contribution in [-0.2, 0) is 14.3 Å². The molecule has 1 aliphatic heterocycles. The van der Waals surface area contributed by atoms with Crippen LogP contribution in [0.3, 0.4) is 0 Å². The number of carbonyl (C=O) groups is 1. The average Bonchev–Trinajstić information content (AvgIpc) is 3.10. The summed E-state index contributed by atoms with van der Waals surface area (Å²) in [5.41, 5.74) is 0.820. The fourth-order valence-corrected chi connectivity index (χ4v) is 3.16. The molecule has 0 aliphatic carbocycles. The van der Waals surface area contributed by atoms with E-state index < -0.39 is 17.9 Å². The van der Waals surface area contributed by atoms with E-state index in [9.17, 15) is 9.18 Å². The Bertz CT molecular complexity index is 992. The van der Waals surface area contributed by atoms with Gasteiger partial charge in [0.2, 0.25) is 0 Å². The van der Waals surface area contributed by atoms with Crippen LogP contribution in [0.15, 0.2) is 36.4 Å². The van der Waals surface area contributed by atoms with Crippen molar-refractivity contribution in [1.29, 1.82) is 0 Å². The summed E-state index contributed by atoms with van der Waals surface area (Å²) >= 11 is 0. The Morgan fingerprint density at radius 2 is 2.04 bits per heavy atom. The van der Waals surface area contributed by atoms with Gasteiger partial charge in [0.1, 0.15) is 11.6 Å². The first-order chi connectivity index (χ1) is 13.1. The van der Waals surface area contributed by atoms with Crippen molar-refractivity contribution in [2.24, 2.45) is 0 Å². The van der Waals surface area contributed by atoms with Crippen LogP contribution in [-0.4, -0.2) is 58.2 Å². The summed E-state index contributed by atoms with van der Waals surface area (Å²) in [5, 5.41) is 12.7. The predicted molar refractivity (Wildman–Crippen MR) is 94.7 cm³/mol. The number of morpholine rings is 1. The van der Waals surface area contributed by atoms with Gasteiger partial charge in [-0.25, -0.2) is 9.18 Å². The highest BCUT2D eigenvalue weighted by Gasteiger charge is 2.32. The highest BCUT2D eigenvalue weighted by Crippen LogP contribution is 2.23. The number of fused-ring (bicyclic) bond motifs is 1. The summed E-state index contributed by atoms with van der Waals surface area (Å²) in [4.78, 5) is 13.8. The number of carbonyl (C=O) groups excluding carboxylic acids is 1. The zero-order valence-corrected chi connectivity index (χ0v) is 14.9. The Hall–Kier alpha value is -3.07. The Labute approximate surface area is 154 Å². The van der Waals surface area contributed by atoms with Crippen LogP contribution in [0, 0.1) is 5.82 Å². The fraction of sp³-hybridized carbons (Fsp3) is 0.333. The van der Waals surface area contributed by atoms with Crippen LogP contribution in [0.1, 0.15) is 6.92 Å². The van der Waals surface area contributed by atoms with Crippen LogP contribution >= 0.6 is 0 Å². The van der Waals surface area contributed by atoms with E-state index in [4.69, 9.17) is 9.47 Å². The summed E-state index contributed by atoms with van der Waals surface area (Å²) < 4.78 is 26.1. The minimum Gasteiger partial charge on any atom is -0.467 e. The molecule has 1 fully saturated rings. The summed E-state index contributed by atoms with van der Waals surface area (Å²) in [6, 6.07) is 9.89. The number of ether oxygens (including phenoxy) is 2. The molecule has 1 aromatic carbocycles. The van der Waals surface area contributed by atoms with E-state index in [1.54, 1.807) is 30.3 Å². The minimum atomic E-state index is -0.691. The molecular weight excluding hydrogens is 353 g/mol. The van der Waals surface area contributed by atoms with E-state index >= 15 is 0 Å². The topological polar surface area (TPSA) is 81.9 Å². The van der Waals surface area contributed by atoms with Crippen molar-refractivity contribution in [2.45, 2.75) is 19.1 Å². The SMILES string of the molecule is COC(=O)C1CN(c2ccc3nnc(-c4ccccc4F)n3n2)C[C@@H](C)O1. The number of benzene rings is 1. The third-order valence-corrected chi connectivity index (χ3v) is 4.41. The van der Waals surface area contributed by atoms with Gasteiger partial charge in [-0.1, -0.05) is 12.1 Å². The van der Waals surface area contributed by atoms with Crippen molar-refractivity contribution in [3.05, 3.63) is 42.2 Å². The van der Waals surface area contributed by atoms with Crippen molar-refractivity contribution in [3.8, 4) is 11.4 Å². The lowest BCUT2D eigenvalue weighted by molar-refractivity contribution is -0.158. The molecule has 27 heavy (non-hydrogen) atoms. The Kier molecular flexibility index (Phi) is 4.44. The monoisotopic (exact) mass is 371 g/mol. The highest BCUT2D eigenvalue weighted by atomic mass is 19.1. The first kappa shape index (κ1) is 17.3. The predicted octanol–water partition coefficient (Wildman–Crippen LogP) is 1.70. The standard InChI is InChI=1S/C18H18FN5O3/c1-11-9-23(10-14(27-11)18(25)26-2)16-8-7-15-20-21-17(24(15)22-16)12-5-3-4-6-13(12)19/h3-8,11,14H,9-10H2,1-2H3/t11-,14?/m1/s1. The highest BCUT2D eigenvalue weighted by molar-refractivity contribution is 5.75. The van der Waals surface area contributed by atoms with Crippen molar-refractivity contribution in [2.75, 3.05) is 25.1 Å². The molecule has 8 nitrogen and oxygen atoms in total. The van der Waals surface area contributed by atoms with Crippen molar-refractivity contribution < 1.29 is 18.7 Å². The first-order valence-electron chi connectivity index (χ1n) is 8.52. The van der Waals surface area contributed by atoms with E-state index in [-0.39, 0.29) is 6.10 Å². The Morgan fingerprint density at radius 1 is 1.22 bits per heavy atom. The van der Waals surface area contributed by atoms with Gasteiger partial charge in [-0.2, -0.15) is 4.52 Å². The number of esters is 1. The maximum absolute atomic E-state index is 14.2. The van der Waals surface area contributed by atoms with Gasteiger partial charge in [-0.05, 0) is 31.2 Å². The maximum Gasteiger partial charge on any atom is 0.336 e. The number of aromatic nitrogens is 4. The second-order valence-electron chi connectivity index (χ2n) is 6.33. The average molecular weight is 371 g/mol. The van der Waals surface area contributed by atoms with Gasteiger partial charge in [-0.3, -0.25) is 0 Å². The summed E-state index contributed by atoms with van der Waals surface area (Å²) in [6.07, 6.45) is -0.865. The van der Waals surface area contributed by atoms with Gasteiger partial charge in [0.05, 0.1) is 25.3 Å². The second kappa shape index (κ2) is 6.92. The second-order valence-corrected chi connectivity index (χ2v) is 6.33. The lowest BCUT2D eigenvalue weighted by Gasteiger charge is -2.35. The lowest BCUT2D eigenvalue weighted by Crippen LogP contribution is -2.50. The zero-order valence-electron chi connectivity index (χ0n) is 14.9. The van der Waals surface area contributed by atoms with E-state index in [2.05, 4.69) is 15.3 Å². The van der Waals surface area contributed by atoms with Crippen molar-refractivity contribution in [3.63, 3.8) is 0 Å². The molecule has 0 saturated carbocycles. The van der Waals surface area contributed by atoms with Gasteiger partial charge >= 0.3 is 5.97 Å². The van der Waals surface area contributed by atoms with Crippen LogP contribution in [0.2, 0.25) is 0 Å². The van der Waals surface area contributed by atoms with Gasteiger partial charge in [0, 0.05) is 6.54 Å². The molecule has 1 aliphatic rings. The van der Waals surface area contributed by atoms with Gasteiger partial charge in [0.15, 0.2) is 17.6 Å². The molecule has 0 N–H and O–H groups in total. The number of hydrogen-bond acceptors (Lipinski definition) is 7. The lowest BCUT2D eigenvalue weighted by atomic mass is 10.2. The van der Waals surface area contributed by atoms with E-state index in [1.165, 1.54) is 17.7 Å². The van der Waals surface area contributed by atoms with E-state index in [1.807, 2.05) is 11.8 Å². The number of halogens is 1. The third-order valence-electron chi connectivity index (χ3n) is 4.41. The Morgan fingerprint density at radius 3 is 2.81 bits per heavy atom. The molecule has 1 saturated heterocycles. The van der Waals surface area contributed by atoms with Gasteiger partial charge < -0.3 is 14.4 Å². The van der Waals surface area contributed by atoms with Crippen molar-refractivity contribution in [1.82, 2.24) is 19.8 Å². The molecule has 0 spiro atoms. The maximum atomic E-state index is 14.2. The van der Waals surface area contributed by atoms with Crippen LogP contribution < -0.4 is 4.90 Å². The fourth-order valence-electron chi connectivity index (χ4n) is 3.16. The molecule has 9 heteroatoms. The quantitative estimate of drug-likeness (QED) is 0.648. The molecule has 3 aromatic rings. The summed E-state index contributed by atoms with van der Waals surface area (Å²) in [5.74, 6) is 0.105. The number of rotatable bonds is 3. The third kappa shape index (κ3) is 3.21. The molecular formula is C18H18FN5O3. The molecule has 1 unspecified atom stereocenters. The zero-order chi connectivity index (χ0) is 19.0. The molecule has 4 rings (SSSR count). The van der Waals surface area contributed by atoms with Crippen LogP contribution in [0.25, 0.3) is 17.0 Å². The van der Waals surface area contributed by atoms with E-state index in [0.29, 0.717) is 35.9 Å². The largest absolute Gasteiger partial charge is 0.467 e. The summed E-state index contributed by atoms with van der Waals surface area (Å²) in [7, 11) is 1.33. The Balaban J connectivity index is 1.72. The summed E-state index contributed by atoms with van der Waals surface area (Å²) in [6.45, 7) is 2.75. The minimum absolute atomic E-state index is 0.174. The number of anilines is 1. The molecule has 3 heterocycles. The van der Waals surface area contributed by atoms with Crippen LogP contribution in [0.4, 0.5) is 10.2 Å². The molecule has 2 atom stereocenters. The normalized spacial score (nSPS) is 20.0. The van der Waals surface area contributed by atoms with E-state index in [0.717, 1.165) is 0 Å². The smallest absolute Gasteiger partial charge is 0.336 e. The molecule has 0 amide bonds. The van der Waals surface area contributed by atoms with Gasteiger partial charge in [-0.15, -0.1) is 15.3 Å². The molecule has 140 valence electrons. The van der Waals surface area contributed by atoms with Gasteiger partial charge in [0.25, 0.3) is 0 Å². The molecule has 2 aromatic heterocycles. The first-order valence-corrected chi connectivity index (χ1v) is 8.52. The van der Waals surface area contributed by atoms with Crippen molar-refractivity contribution >= 4 is 17.4 Å².